The lowest BCUT2D eigenvalue weighted by Crippen LogP contribution is -2.53. The van der Waals surface area contributed by atoms with Gasteiger partial charge >= 0.3 is 0 Å². The molecule has 0 radical (unpaired) electrons. The SMILES string of the molecule is CN1CCC2(CC1)CN(S(=O)(=O)c1ccc(Cl)s1)Cc1ccccc1O2. The first kappa shape index (κ1) is 18.3. The summed E-state index contributed by atoms with van der Waals surface area (Å²) in [6.07, 6.45) is 1.60. The van der Waals surface area contributed by atoms with Gasteiger partial charge in [0.05, 0.1) is 10.9 Å². The van der Waals surface area contributed by atoms with Crippen molar-refractivity contribution in [2.45, 2.75) is 29.2 Å². The number of hydrogen-bond donors (Lipinski definition) is 0. The molecule has 140 valence electrons. The number of ether oxygens (including phenoxy) is 1. The Labute approximate surface area is 163 Å². The largest absolute Gasteiger partial charge is 0.485 e. The van der Waals surface area contributed by atoms with Crippen LogP contribution in [-0.2, 0) is 16.6 Å². The fourth-order valence-electron chi connectivity index (χ4n) is 3.59. The van der Waals surface area contributed by atoms with Crippen LogP contribution in [0.1, 0.15) is 18.4 Å². The highest BCUT2D eigenvalue weighted by molar-refractivity contribution is 7.91. The van der Waals surface area contributed by atoms with Gasteiger partial charge in [0.15, 0.2) is 0 Å². The Balaban J connectivity index is 1.75. The minimum Gasteiger partial charge on any atom is -0.485 e. The quantitative estimate of drug-likeness (QED) is 0.758. The molecule has 1 saturated heterocycles. The lowest BCUT2D eigenvalue weighted by atomic mass is 9.91. The van der Waals surface area contributed by atoms with Crippen molar-refractivity contribution in [1.29, 1.82) is 0 Å². The van der Waals surface area contributed by atoms with E-state index in [-0.39, 0.29) is 4.21 Å². The Hall–Kier alpha value is -1.12. The third-order valence-corrected chi connectivity index (χ3v) is 8.64. The van der Waals surface area contributed by atoms with Gasteiger partial charge in [0, 0.05) is 38.0 Å². The second kappa shape index (κ2) is 6.80. The first-order valence-electron chi connectivity index (χ1n) is 8.59. The van der Waals surface area contributed by atoms with Crippen molar-refractivity contribution >= 4 is 33.0 Å². The topological polar surface area (TPSA) is 49.9 Å². The summed E-state index contributed by atoms with van der Waals surface area (Å²) in [5.41, 5.74) is 0.405. The monoisotopic (exact) mass is 412 g/mol. The van der Waals surface area contributed by atoms with Crippen LogP contribution < -0.4 is 4.74 Å². The van der Waals surface area contributed by atoms with Crippen LogP contribution >= 0.6 is 22.9 Å². The van der Waals surface area contributed by atoms with E-state index in [0.717, 1.165) is 48.6 Å². The van der Waals surface area contributed by atoms with Crippen molar-refractivity contribution in [3.05, 3.63) is 46.3 Å². The summed E-state index contributed by atoms with van der Waals surface area (Å²) in [6.45, 7) is 2.45. The fourth-order valence-corrected chi connectivity index (χ4v) is 6.72. The van der Waals surface area contributed by atoms with Crippen molar-refractivity contribution in [2.24, 2.45) is 0 Å². The molecule has 1 spiro atoms. The molecule has 2 aliphatic heterocycles. The van der Waals surface area contributed by atoms with Gasteiger partial charge in [-0.05, 0) is 25.2 Å². The number of hydrogen-bond acceptors (Lipinski definition) is 5. The molecule has 5 nitrogen and oxygen atoms in total. The van der Waals surface area contributed by atoms with E-state index >= 15 is 0 Å². The van der Waals surface area contributed by atoms with E-state index in [1.165, 1.54) is 0 Å². The Morgan fingerprint density at radius 2 is 1.88 bits per heavy atom. The molecule has 3 heterocycles. The van der Waals surface area contributed by atoms with Gasteiger partial charge in [0.2, 0.25) is 0 Å². The Morgan fingerprint density at radius 1 is 1.15 bits per heavy atom. The number of likely N-dealkylation sites (tertiary alicyclic amines) is 1. The normalized spacial score (nSPS) is 21.2. The highest BCUT2D eigenvalue weighted by Crippen LogP contribution is 2.38. The fraction of sp³-hybridized carbons (Fsp3) is 0.444. The first-order valence-corrected chi connectivity index (χ1v) is 11.2. The minimum absolute atomic E-state index is 0.282. The van der Waals surface area contributed by atoms with E-state index in [4.69, 9.17) is 16.3 Å². The van der Waals surface area contributed by atoms with Crippen LogP contribution in [0.15, 0.2) is 40.6 Å². The lowest BCUT2D eigenvalue weighted by molar-refractivity contribution is 0.000489. The van der Waals surface area contributed by atoms with Gasteiger partial charge in [0.1, 0.15) is 15.6 Å². The Kier molecular flexibility index (Phi) is 4.77. The average molecular weight is 413 g/mol. The van der Waals surface area contributed by atoms with Crippen molar-refractivity contribution in [2.75, 3.05) is 26.7 Å². The predicted molar refractivity (Wildman–Crippen MR) is 103 cm³/mol. The summed E-state index contributed by atoms with van der Waals surface area (Å²) >= 11 is 7.08. The van der Waals surface area contributed by atoms with E-state index < -0.39 is 15.6 Å². The molecule has 0 bridgehead atoms. The Bertz CT molecular complexity index is 905. The molecule has 2 aromatic rings. The van der Waals surface area contributed by atoms with Crippen LogP contribution in [0, 0.1) is 0 Å². The number of thiophene rings is 1. The number of halogens is 1. The minimum atomic E-state index is -3.62. The van der Waals surface area contributed by atoms with Crippen LogP contribution in [0.2, 0.25) is 4.34 Å². The smallest absolute Gasteiger partial charge is 0.253 e. The number of para-hydroxylation sites is 1. The summed E-state index contributed by atoms with van der Waals surface area (Å²) < 4.78 is 35.3. The maximum atomic E-state index is 13.3. The molecular formula is C18H21ClN2O3S2. The molecule has 0 atom stereocenters. The molecule has 0 saturated carbocycles. The molecule has 0 unspecified atom stereocenters. The molecule has 26 heavy (non-hydrogen) atoms. The van der Waals surface area contributed by atoms with Gasteiger partial charge in [-0.2, -0.15) is 4.31 Å². The molecule has 4 rings (SSSR count). The molecule has 1 aromatic carbocycles. The second-order valence-corrected chi connectivity index (χ2v) is 10.9. The van der Waals surface area contributed by atoms with Crippen molar-refractivity contribution < 1.29 is 13.2 Å². The summed E-state index contributed by atoms with van der Waals surface area (Å²) in [7, 11) is -1.54. The average Bonchev–Trinajstić information content (AvgIpc) is 2.98. The van der Waals surface area contributed by atoms with Gasteiger partial charge in [-0.25, -0.2) is 8.42 Å². The maximum absolute atomic E-state index is 13.3. The second-order valence-electron chi connectivity index (χ2n) is 7.03. The van der Waals surface area contributed by atoms with Gasteiger partial charge < -0.3 is 9.64 Å². The third-order valence-electron chi connectivity index (χ3n) is 5.15. The molecule has 0 N–H and O–H groups in total. The molecule has 2 aliphatic rings. The van der Waals surface area contributed by atoms with E-state index in [9.17, 15) is 8.42 Å². The molecule has 8 heteroatoms. The van der Waals surface area contributed by atoms with E-state index in [0.29, 0.717) is 17.4 Å². The maximum Gasteiger partial charge on any atom is 0.253 e. The van der Waals surface area contributed by atoms with Gasteiger partial charge in [0.25, 0.3) is 10.0 Å². The van der Waals surface area contributed by atoms with Crippen molar-refractivity contribution in [3.8, 4) is 5.75 Å². The zero-order valence-electron chi connectivity index (χ0n) is 14.5. The van der Waals surface area contributed by atoms with Crippen molar-refractivity contribution in [1.82, 2.24) is 9.21 Å². The highest BCUT2D eigenvalue weighted by atomic mass is 35.5. The number of nitrogens with zero attached hydrogens (tertiary/aromatic N) is 2. The zero-order valence-corrected chi connectivity index (χ0v) is 16.9. The van der Waals surface area contributed by atoms with Gasteiger partial charge in [-0.1, -0.05) is 29.8 Å². The van der Waals surface area contributed by atoms with Crippen LogP contribution in [-0.4, -0.2) is 49.9 Å². The van der Waals surface area contributed by atoms with E-state index in [1.807, 2.05) is 24.3 Å². The van der Waals surface area contributed by atoms with Crippen molar-refractivity contribution in [3.63, 3.8) is 0 Å². The van der Waals surface area contributed by atoms with Crippen LogP contribution in [0.5, 0.6) is 5.75 Å². The van der Waals surface area contributed by atoms with E-state index in [1.54, 1.807) is 16.4 Å². The molecule has 1 aromatic heterocycles. The summed E-state index contributed by atoms with van der Waals surface area (Å²) in [5.74, 6) is 0.791. The number of piperidine rings is 1. The molecule has 0 amide bonds. The standard InChI is InChI=1S/C18H21ClN2O3S2/c1-20-10-8-18(9-11-20)13-21(12-14-4-2-3-5-15(14)24-18)26(22,23)17-7-6-16(19)25-17/h2-7H,8-13H2,1H3. The number of benzene rings is 1. The summed E-state index contributed by atoms with van der Waals surface area (Å²) in [5, 5.41) is 0. The Morgan fingerprint density at radius 3 is 2.58 bits per heavy atom. The van der Waals surface area contributed by atoms with Crippen LogP contribution in [0.25, 0.3) is 0 Å². The molecular weight excluding hydrogens is 392 g/mol. The lowest BCUT2D eigenvalue weighted by Gasteiger charge is -2.41. The van der Waals surface area contributed by atoms with Gasteiger partial charge in [-0.15, -0.1) is 11.3 Å². The third kappa shape index (κ3) is 3.39. The first-order chi connectivity index (χ1) is 12.4. The van der Waals surface area contributed by atoms with Gasteiger partial charge in [-0.3, -0.25) is 0 Å². The summed E-state index contributed by atoms with van der Waals surface area (Å²) in [6, 6.07) is 10.9. The number of fused-ring (bicyclic) bond motifs is 1. The summed E-state index contributed by atoms with van der Waals surface area (Å²) in [4.78, 5) is 2.25. The zero-order chi connectivity index (χ0) is 18.4. The molecule has 1 fully saturated rings. The number of rotatable bonds is 2. The van der Waals surface area contributed by atoms with Crippen LogP contribution in [0.3, 0.4) is 0 Å². The van der Waals surface area contributed by atoms with Crippen LogP contribution in [0.4, 0.5) is 0 Å². The highest BCUT2D eigenvalue weighted by Gasteiger charge is 2.43. The number of sulfonamides is 1. The molecule has 0 aliphatic carbocycles. The predicted octanol–water partition coefficient (Wildman–Crippen LogP) is 3.45. The van der Waals surface area contributed by atoms with E-state index in [2.05, 4.69) is 11.9 Å².